The summed E-state index contributed by atoms with van der Waals surface area (Å²) in [6, 6.07) is 0. The van der Waals surface area contributed by atoms with Crippen molar-refractivity contribution in [3.63, 3.8) is 0 Å². The van der Waals surface area contributed by atoms with Gasteiger partial charge in [0.15, 0.2) is 5.65 Å². The van der Waals surface area contributed by atoms with E-state index in [1.165, 1.54) is 0 Å². The second-order valence-corrected chi connectivity index (χ2v) is 2.83. The van der Waals surface area contributed by atoms with Crippen molar-refractivity contribution in [2.75, 3.05) is 0 Å². The normalized spacial score (nSPS) is 12.3. The van der Waals surface area contributed by atoms with E-state index >= 15 is 0 Å². The fraction of sp³-hybridized carbons (Fsp3) is 0.167. The highest BCUT2D eigenvalue weighted by Crippen LogP contribution is 2.29. The van der Waals surface area contributed by atoms with Crippen LogP contribution in [0.4, 0.5) is 13.2 Å². The van der Waals surface area contributed by atoms with Gasteiger partial charge in [-0.3, -0.25) is 9.38 Å². The van der Waals surface area contributed by atoms with Crippen molar-refractivity contribution in [1.82, 2.24) is 19.6 Å². The predicted octanol–water partition coefficient (Wildman–Crippen LogP) is 1.80. The molecule has 0 aromatic carbocycles. The topological polar surface area (TPSA) is 43.1 Å². The summed E-state index contributed by atoms with van der Waals surface area (Å²) in [6.45, 7) is 0. The molecule has 0 fully saturated rings. The molecule has 0 saturated heterocycles. The fourth-order valence-electron chi connectivity index (χ4n) is 0.997. The molecule has 2 heterocycles. The third kappa shape index (κ3) is 1.29. The quantitative estimate of drug-likeness (QED) is 0.683. The second-order valence-electron chi connectivity index (χ2n) is 2.44. The second kappa shape index (κ2) is 2.81. The van der Waals surface area contributed by atoms with Crippen molar-refractivity contribution in [3.05, 3.63) is 23.4 Å². The maximum absolute atomic E-state index is 12.3. The van der Waals surface area contributed by atoms with Gasteiger partial charge in [0.05, 0.1) is 12.4 Å². The average Bonchev–Trinajstić information content (AvgIpc) is 2.47. The van der Waals surface area contributed by atoms with Crippen LogP contribution in [-0.4, -0.2) is 19.6 Å². The molecule has 2 rings (SSSR count). The zero-order valence-electron chi connectivity index (χ0n) is 6.46. The predicted molar refractivity (Wildman–Crippen MR) is 40.8 cm³/mol. The number of rotatable bonds is 0. The SMILES string of the molecule is FC(F)(F)c1nnc2cncc(Cl)n12. The zero-order valence-corrected chi connectivity index (χ0v) is 7.21. The molecule has 4 nitrogen and oxygen atoms in total. The van der Waals surface area contributed by atoms with E-state index in [1.807, 2.05) is 0 Å². The number of nitrogens with zero attached hydrogens (tertiary/aromatic N) is 4. The molecule has 0 spiro atoms. The van der Waals surface area contributed by atoms with Crippen LogP contribution in [-0.2, 0) is 6.18 Å². The number of fused-ring (bicyclic) bond motifs is 1. The van der Waals surface area contributed by atoms with Crippen LogP contribution in [0.15, 0.2) is 12.4 Å². The standard InChI is InChI=1S/C6H2ClF3N4/c7-3-1-11-2-4-12-13-5(14(3)4)6(8,9)10/h1-2H. The van der Waals surface area contributed by atoms with Gasteiger partial charge in [0.25, 0.3) is 0 Å². The Labute approximate surface area is 80.3 Å². The van der Waals surface area contributed by atoms with Crippen LogP contribution in [0.1, 0.15) is 5.82 Å². The van der Waals surface area contributed by atoms with Crippen LogP contribution in [0.2, 0.25) is 5.15 Å². The molecule has 0 unspecified atom stereocenters. The highest BCUT2D eigenvalue weighted by atomic mass is 35.5. The molecule has 2 aromatic rings. The Kier molecular flexibility index (Phi) is 1.84. The van der Waals surface area contributed by atoms with Crippen LogP contribution in [0.25, 0.3) is 5.65 Å². The molecule has 0 N–H and O–H groups in total. The third-order valence-corrected chi connectivity index (χ3v) is 1.79. The minimum absolute atomic E-state index is 0.0372. The monoisotopic (exact) mass is 222 g/mol. The first-order valence-corrected chi connectivity index (χ1v) is 3.80. The molecular weight excluding hydrogens is 221 g/mol. The number of hydrogen-bond acceptors (Lipinski definition) is 3. The van der Waals surface area contributed by atoms with E-state index in [4.69, 9.17) is 11.6 Å². The van der Waals surface area contributed by atoms with E-state index < -0.39 is 12.0 Å². The molecule has 0 aliphatic heterocycles. The van der Waals surface area contributed by atoms with Crippen molar-refractivity contribution in [3.8, 4) is 0 Å². The van der Waals surface area contributed by atoms with Crippen molar-refractivity contribution < 1.29 is 13.2 Å². The molecule has 0 saturated carbocycles. The molecule has 0 atom stereocenters. The zero-order chi connectivity index (χ0) is 10.3. The Bertz CT molecular complexity index is 477. The number of hydrogen-bond donors (Lipinski definition) is 0. The maximum atomic E-state index is 12.3. The Morgan fingerprint density at radius 1 is 1.21 bits per heavy atom. The van der Waals surface area contributed by atoms with Crippen LogP contribution < -0.4 is 0 Å². The van der Waals surface area contributed by atoms with Crippen LogP contribution >= 0.6 is 11.6 Å². The lowest BCUT2D eigenvalue weighted by Crippen LogP contribution is -2.11. The molecule has 2 aromatic heterocycles. The summed E-state index contributed by atoms with van der Waals surface area (Å²) < 4.78 is 37.7. The van der Waals surface area contributed by atoms with Crippen molar-refractivity contribution in [2.45, 2.75) is 6.18 Å². The molecule has 0 radical (unpaired) electrons. The van der Waals surface area contributed by atoms with Crippen molar-refractivity contribution >= 4 is 17.2 Å². The minimum atomic E-state index is -4.58. The van der Waals surface area contributed by atoms with E-state index in [1.54, 1.807) is 0 Å². The lowest BCUT2D eigenvalue weighted by molar-refractivity contribution is -0.145. The molecule has 74 valence electrons. The van der Waals surface area contributed by atoms with Crippen LogP contribution in [0, 0.1) is 0 Å². The largest absolute Gasteiger partial charge is 0.452 e. The highest BCUT2D eigenvalue weighted by Gasteiger charge is 2.37. The van der Waals surface area contributed by atoms with E-state index in [9.17, 15) is 13.2 Å². The third-order valence-electron chi connectivity index (χ3n) is 1.53. The summed E-state index contributed by atoms with van der Waals surface area (Å²) >= 11 is 5.53. The summed E-state index contributed by atoms with van der Waals surface area (Å²) in [6.07, 6.45) is -2.34. The molecule has 0 bridgehead atoms. The average molecular weight is 223 g/mol. The van der Waals surface area contributed by atoms with E-state index in [-0.39, 0.29) is 10.8 Å². The van der Waals surface area contributed by atoms with E-state index in [2.05, 4.69) is 15.2 Å². The molecular formula is C6H2ClF3N4. The summed E-state index contributed by atoms with van der Waals surface area (Å²) in [5.41, 5.74) is -0.0372. The Hall–Kier alpha value is -1.37. The van der Waals surface area contributed by atoms with Gasteiger partial charge in [-0.05, 0) is 0 Å². The number of halogens is 4. The number of aromatic nitrogens is 4. The first-order valence-electron chi connectivity index (χ1n) is 3.42. The smallest absolute Gasteiger partial charge is 0.259 e. The van der Waals surface area contributed by atoms with Gasteiger partial charge in [0, 0.05) is 0 Å². The van der Waals surface area contributed by atoms with Gasteiger partial charge < -0.3 is 0 Å². The van der Waals surface area contributed by atoms with Gasteiger partial charge in [-0.15, -0.1) is 10.2 Å². The summed E-state index contributed by atoms with van der Waals surface area (Å²) in [5, 5.41) is 6.10. The molecule has 0 amide bonds. The maximum Gasteiger partial charge on any atom is 0.452 e. The van der Waals surface area contributed by atoms with Gasteiger partial charge in [-0.2, -0.15) is 13.2 Å². The van der Waals surface area contributed by atoms with Gasteiger partial charge in [0.1, 0.15) is 5.15 Å². The van der Waals surface area contributed by atoms with E-state index in [0.717, 1.165) is 12.4 Å². The molecule has 0 aliphatic rings. The lowest BCUT2D eigenvalue weighted by Gasteiger charge is -2.04. The first-order chi connectivity index (χ1) is 6.50. The van der Waals surface area contributed by atoms with Gasteiger partial charge in [-0.1, -0.05) is 11.6 Å². The van der Waals surface area contributed by atoms with Crippen molar-refractivity contribution in [2.24, 2.45) is 0 Å². The minimum Gasteiger partial charge on any atom is -0.259 e. The Morgan fingerprint density at radius 3 is 2.57 bits per heavy atom. The molecule has 0 aliphatic carbocycles. The summed E-state index contributed by atoms with van der Waals surface area (Å²) in [5.74, 6) is -1.15. The van der Waals surface area contributed by atoms with Crippen molar-refractivity contribution in [1.29, 1.82) is 0 Å². The van der Waals surface area contributed by atoms with Crippen LogP contribution in [0.5, 0.6) is 0 Å². The molecule has 8 heteroatoms. The Morgan fingerprint density at radius 2 is 1.93 bits per heavy atom. The first kappa shape index (κ1) is 9.20. The summed E-state index contributed by atoms with van der Waals surface area (Å²) in [4.78, 5) is 3.59. The molecule has 14 heavy (non-hydrogen) atoms. The van der Waals surface area contributed by atoms with Gasteiger partial charge in [0.2, 0.25) is 5.82 Å². The highest BCUT2D eigenvalue weighted by molar-refractivity contribution is 6.29. The Balaban J connectivity index is 2.80. The van der Waals surface area contributed by atoms with Gasteiger partial charge >= 0.3 is 6.18 Å². The fourth-order valence-corrected chi connectivity index (χ4v) is 1.22. The summed E-state index contributed by atoms with van der Waals surface area (Å²) in [7, 11) is 0. The van der Waals surface area contributed by atoms with Crippen LogP contribution in [0.3, 0.4) is 0 Å². The van der Waals surface area contributed by atoms with Gasteiger partial charge in [-0.25, -0.2) is 0 Å². The van der Waals surface area contributed by atoms with E-state index in [0.29, 0.717) is 4.40 Å². The number of alkyl halides is 3. The lowest BCUT2D eigenvalue weighted by atomic mass is 10.5.